The fraction of sp³-hybridized carbons (Fsp3) is 0.600. The molecule has 0 aromatic carbocycles. The third-order valence-electron chi connectivity index (χ3n) is 4.48. The van der Waals surface area contributed by atoms with Gasteiger partial charge in [-0.2, -0.15) is 0 Å². The summed E-state index contributed by atoms with van der Waals surface area (Å²) in [6, 6.07) is 1.89. The van der Waals surface area contributed by atoms with Crippen molar-refractivity contribution < 1.29 is 4.79 Å². The van der Waals surface area contributed by atoms with Gasteiger partial charge in [0.1, 0.15) is 5.56 Å². The second kappa shape index (κ2) is 6.62. The first-order chi connectivity index (χ1) is 9.70. The minimum atomic E-state index is -0.252. The Hall–Kier alpha value is -1.33. The van der Waals surface area contributed by atoms with Gasteiger partial charge < -0.3 is 15.6 Å². The number of amides is 1. The smallest absolute Gasteiger partial charge is 0.261 e. The largest absolute Gasteiger partial charge is 0.334 e. The van der Waals surface area contributed by atoms with Gasteiger partial charge in [-0.25, -0.2) is 0 Å². The molecular formula is C15H22ClN3O2. The molecule has 1 aliphatic heterocycles. The molecular weight excluding hydrogens is 290 g/mol. The molecule has 1 aliphatic carbocycles. The molecule has 0 radical (unpaired) electrons. The highest BCUT2D eigenvalue weighted by Gasteiger charge is 2.30. The van der Waals surface area contributed by atoms with Crippen LogP contribution in [0.4, 0.5) is 0 Å². The van der Waals surface area contributed by atoms with Crippen molar-refractivity contribution in [2.45, 2.75) is 44.6 Å². The zero-order valence-corrected chi connectivity index (χ0v) is 12.9. The molecule has 2 heterocycles. The van der Waals surface area contributed by atoms with E-state index in [1.54, 1.807) is 4.90 Å². The van der Waals surface area contributed by atoms with E-state index in [-0.39, 0.29) is 35.5 Å². The Labute approximate surface area is 130 Å². The predicted octanol–water partition coefficient (Wildman–Crippen LogP) is 1.24. The molecule has 2 aliphatic rings. The van der Waals surface area contributed by atoms with Gasteiger partial charge in [-0.3, -0.25) is 9.59 Å². The highest BCUT2D eigenvalue weighted by atomic mass is 35.5. The standard InChI is InChI=1S/C15H21N3O2.ClH/c16-9-11-5-3-7-18(11)15(20)12-8-10-4-1-2-6-13(10)17-14(12)19;/h8,11H,1-7,9,16H2,(H,17,19);1H. The topological polar surface area (TPSA) is 79.2 Å². The number of halogens is 1. The van der Waals surface area contributed by atoms with Gasteiger partial charge in [-0.1, -0.05) is 0 Å². The number of hydrogen-bond acceptors (Lipinski definition) is 3. The minimum absolute atomic E-state index is 0. The van der Waals surface area contributed by atoms with E-state index >= 15 is 0 Å². The normalized spacial score (nSPS) is 20.8. The van der Waals surface area contributed by atoms with E-state index in [1.165, 1.54) is 0 Å². The monoisotopic (exact) mass is 311 g/mol. The van der Waals surface area contributed by atoms with Crippen molar-refractivity contribution in [1.29, 1.82) is 0 Å². The number of aryl methyl sites for hydroxylation is 2. The third-order valence-corrected chi connectivity index (χ3v) is 4.48. The van der Waals surface area contributed by atoms with E-state index in [4.69, 9.17) is 5.73 Å². The molecule has 3 N–H and O–H groups in total. The van der Waals surface area contributed by atoms with Crippen LogP contribution in [0.3, 0.4) is 0 Å². The molecule has 1 aromatic heterocycles. The number of nitrogens with zero attached hydrogens (tertiary/aromatic N) is 1. The number of hydrogen-bond donors (Lipinski definition) is 2. The predicted molar refractivity (Wildman–Crippen MR) is 84.1 cm³/mol. The summed E-state index contributed by atoms with van der Waals surface area (Å²) in [6.07, 6.45) is 6.00. The summed E-state index contributed by atoms with van der Waals surface area (Å²) in [5, 5.41) is 0. The molecule has 6 heteroatoms. The Bertz CT molecular complexity index is 585. The number of carbonyl (C=O) groups is 1. The average molecular weight is 312 g/mol. The number of carbonyl (C=O) groups excluding carboxylic acids is 1. The van der Waals surface area contributed by atoms with Gasteiger partial charge in [-0.15, -0.1) is 12.4 Å². The second-order valence-electron chi connectivity index (χ2n) is 5.75. The average Bonchev–Trinajstić information content (AvgIpc) is 2.94. The lowest BCUT2D eigenvalue weighted by Gasteiger charge is -2.24. The van der Waals surface area contributed by atoms with Crippen molar-refractivity contribution in [2.24, 2.45) is 5.73 Å². The summed E-state index contributed by atoms with van der Waals surface area (Å²) in [6.45, 7) is 1.17. The van der Waals surface area contributed by atoms with Crippen LogP contribution < -0.4 is 11.3 Å². The first-order valence-electron chi connectivity index (χ1n) is 7.47. The second-order valence-corrected chi connectivity index (χ2v) is 5.75. The van der Waals surface area contributed by atoms with Crippen LogP contribution in [-0.4, -0.2) is 34.9 Å². The van der Waals surface area contributed by atoms with Crippen LogP contribution in [0.15, 0.2) is 10.9 Å². The van der Waals surface area contributed by atoms with E-state index in [1.807, 2.05) is 6.07 Å². The van der Waals surface area contributed by atoms with Crippen molar-refractivity contribution in [3.05, 3.63) is 33.2 Å². The summed E-state index contributed by atoms with van der Waals surface area (Å²) in [4.78, 5) is 29.4. The fourth-order valence-corrected chi connectivity index (χ4v) is 3.34. The van der Waals surface area contributed by atoms with Gasteiger partial charge in [0.05, 0.1) is 0 Å². The molecule has 1 saturated heterocycles. The van der Waals surface area contributed by atoms with Crippen LogP contribution in [0.2, 0.25) is 0 Å². The van der Waals surface area contributed by atoms with Gasteiger partial charge in [0.15, 0.2) is 0 Å². The number of rotatable bonds is 2. The third kappa shape index (κ3) is 2.99. The Morgan fingerprint density at radius 3 is 2.86 bits per heavy atom. The number of aromatic nitrogens is 1. The summed E-state index contributed by atoms with van der Waals surface area (Å²) in [5.74, 6) is -0.160. The molecule has 3 rings (SSSR count). The molecule has 1 atom stereocenters. The zero-order chi connectivity index (χ0) is 14.1. The molecule has 1 fully saturated rings. The van der Waals surface area contributed by atoms with Crippen LogP contribution in [0.1, 0.15) is 47.3 Å². The summed E-state index contributed by atoms with van der Waals surface area (Å²) in [5.41, 5.74) is 7.88. The molecule has 1 aromatic rings. The van der Waals surface area contributed by atoms with Crippen molar-refractivity contribution in [3.8, 4) is 0 Å². The maximum atomic E-state index is 12.6. The summed E-state index contributed by atoms with van der Waals surface area (Å²) >= 11 is 0. The van der Waals surface area contributed by atoms with E-state index in [9.17, 15) is 9.59 Å². The van der Waals surface area contributed by atoms with Gasteiger partial charge in [0.2, 0.25) is 0 Å². The summed E-state index contributed by atoms with van der Waals surface area (Å²) < 4.78 is 0. The number of aromatic amines is 1. The first kappa shape index (κ1) is 16.0. The van der Waals surface area contributed by atoms with Crippen molar-refractivity contribution in [1.82, 2.24) is 9.88 Å². The van der Waals surface area contributed by atoms with E-state index in [0.717, 1.165) is 49.8 Å². The molecule has 1 amide bonds. The van der Waals surface area contributed by atoms with Gasteiger partial charge >= 0.3 is 0 Å². The molecule has 1 unspecified atom stereocenters. The highest BCUT2D eigenvalue weighted by Crippen LogP contribution is 2.21. The van der Waals surface area contributed by atoms with Crippen molar-refractivity contribution >= 4 is 18.3 Å². The SMILES string of the molecule is Cl.NCC1CCCN1C(=O)c1cc2c([nH]c1=O)CCCC2. The Morgan fingerprint density at radius 1 is 1.33 bits per heavy atom. The van der Waals surface area contributed by atoms with Crippen LogP contribution in [0.25, 0.3) is 0 Å². The number of likely N-dealkylation sites (tertiary alicyclic amines) is 1. The zero-order valence-electron chi connectivity index (χ0n) is 12.1. The highest BCUT2D eigenvalue weighted by molar-refractivity contribution is 5.94. The van der Waals surface area contributed by atoms with Crippen LogP contribution in [0.5, 0.6) is 0 Å². The molecule has 0 saturated carbocycles. The molecule has 0 spiro atoms. The van der Waals surface area contributed by atoms with Gasteiger partial charge in [-0.05, 0) is 50.2 Å². The number of nitrogens with one attached hydrogen (secondary N) is 1. The molecule has 116 valence electrons. The van der Waals surface area contributed by atoms with Crippen molar-refractivity contribution in [3.63, 3.8) is 0 Å². The lowest BCUT2D eigenvalue weighted by molar-refractivity contribution is 0.0739. The number of nitrogens with two attached hydrogens (primary N) is 1. The van der Waals surface area contributed by atoms with Crippen LogP contribution in [0, 0.1) is 0 Å². The fourth-order valence-electron chi connectivity index (χ4n) is 3.34. The maximum absolute atomic E-state index is 12.6. The van der Waals surface area contributed by atoms with E-state index < -0.39 is 0 Å². The van der Waals surface area contributed by atoms with Gasteiger partial charge in [0.25, 0.3) is 11.5 Å². The lowest BCUT2D eigenvalue weighted by Crippen LogP contribution is -2.42. The van der Waals surface area contributed by atoms with E-state index in [0.29, 0.717) is 13.1 Å². The van der Waals surface area contributed by atoms with Crippen LogP contribution in [-0.2, 0) is 12.8 Å². The van der Waals surface area contributed by atoms with Gasteiger partial charge in [0, 0.05) is 24.8 Å². The number of fused-ring (bicyclic) bond motifs is 1. The Morgan fingerprint density at radius 2 is 2.10 bits per heavy atom. The number of H-pyrrole nitrogens is 1. The van der Waals surface area contributed by atoms with Crippen LogP contribution >= 0.6 is 12.4 Å². The summed E-state index contributed by atoms with van der Waals surface area (Å²) in [7, 11) is 0. The quantitative estimate of drug-likeness (QED) is 0.862. The minimum Gasteiger partial charge on any atom is -0.334 e. The van der Waals surface area contributed by atoms with Crippen molar-refractivity contribution in [2.75, 3.05) is 13.1 Å². The lowest BCUT2D eigenvalue weighted by atomic mass is 9.95. The Balaban J connectivity index is 0.00000161. The molecule has 21 heavy (non-hydrogen) atoms. The maximum Gasteiger partial charge on any atom is 0.261 e. The first-order valence-corrected chi connectivity index (χ1v) is 7.47. The van der Waals surface area contributed by atoms with E-state index in [2.05, 4.69) is 4.98 Å². The molecule has 0 bridgehead atoms. The molecule has 5 nitrogen and oxygen atoms in total. The number of pyridine rings is 1. The Kier molecular flexibility index (Phi) is 5.06.